The van der Waals surface area contributed by atoms with Crippen LogP contribution in [0, 0.1) is 5.41 Å². The molecule has 1 aromatic carbocycles. The number of hydrogen-bond donors (Lipinski definition) is 9. The first-order chi connectivity index (χ1) is 27.5. The molecule has 0 bridgehead atoms. The van der Waals surface area contributed by atoms with Crippen molar-refractivity contribution in [3.8, 4) is 0 Å². The Bertz CT molecular complexity index is 2130. The van der Waals surface area contributed by atoms with Crippen molar-refractivity contribution in [2.45, 2.75) is 57.3 Å². The number of rotatable bonds is 22. The fourth-order valence-corrected chi connectivity index (χ4v) is 8.70. The number of Topliss-reactive ketones (excluding diaryl/α,β-unsaturated/α-hetero) is 1. The highest BCUT2D eigenvalue weighted by atomic mass is 32.2. The van der Waals surface area contributed by atoms with Crippen molar-refractivity contribution >= 4 is 74.9 Å². The second kappa shape index (κ2) is 20.3. The van der Waals surface area contributed by atoms with Crippen LogP contribution in [0.25, 0.3) is 11.2 Å². The lowest BCUT2D eigenvalue weighted by molar-refractivity contribution is -0.137. The Hall–Kier alpha value is -3.55. The predicted molar refractivity (Wildman–Crippen MR) is 202 cm³/mol. The van der Waals surface area contributed by atoms with Crippen LogP contribution in [0.3, 0.4) is 0 Å². The standard InChI is InChI=1S/C30H42N7O18P3S/c1-30(2,25(42)28(43)33-9-8-20(39)32-10-11-59-21(40)12-18(38)17-6-4-3-5-7-17)14-52-58(49,50)55-57(47,48)51-13-19-24(54-56(44,45)46)23(41)29(53-19)37-16-36-22-26(31)34-15-35-27(22)37/h3-7,15-16,19,23-25,29,41-42H,8-14H2,1-2H3,(H,32,39)(H,33,43)(H,47,48)(H,49,50)(H2,31,34,35)(H2,44,45,46). The van der Waals surface area contributed by atoms with Gasteiger partial charge < -0.3 is 50.9 Å². The first-order valence-electron chi connectivity index (χ1n) is 17.1. The number of nitrogens with two attached hydrogens (primary N) is 1. The van der Waals surface area contributed by atoms with Crippen LogP contribution in [-0.2, 0) is 50.7 Å². The molecule has 3 heterocycles. The van der Waals surface area contributed by atoms with Gasteiger partial charge in [0.25, 0.3) is 0 Å². The normalized spacial score (nSPS) is 21.0. The molecule has 0 spiro atoms. The number of nitrogens with one attached hydrogen (secondary N) is 2. The zero-order valence-corrected chi connectivity index (χ0v) is 34.6. The van der Waals surface area contributed by atoms with E-state index in [2.05, 4.69) is 34.4 Å². The number of imidazole rings is 1. The molecule has 2 amide bonds. The summed E-state index contributed by atoms with van der Waals surface area (Å²) >= 11 is 0.872. The summed E-state index contributed by atoms with van der Waals surface area (Å²) in [7, 11) is -16.4. The van der Waals surface area contributed by atoms with E-state index < -0.39 is 84.6 Å². The number of benzene rings is 1. The fourth-order valence-electron chi connectivity index (χ4n) is 5.20. The molecule has 0 aliphatic carbocycles. The molecule has 0 radical (unpaired) electrons. The molecule has 3 aromatic rings. The molecule has 7 atom stereocenters. The van der Waals surface area contributed by atoms with Crippen LogP contribution in [0.4, 0.5) is 5.82 Å². The number of nitrogens with zero attached hydrogens (tertiary/aromatic N) is 4. The number of ether oxygens (including phenoxy) is 1. The van der Waals surface area contributed by atoms with Crippen LogP contribution < -0.4 is 16.4 Å². The first kappa shape index (κ1) is 48.1. The highest BCUT2D eigenvalue weighted by Gasteiger charge is 2.50. The van der Waals surface area contributed by atoms with Crippen molar-refractivity contribution < 1.29 is 85.3 Å². The van der Waals surface area contributed by atoms with E-state index >= 15 is 0 Å². The van der Waals surface area contributed by atoms with E-state index in [1.807, 2.05) is 0 Å². The van der Waals surface area contributed by atoms with E-state index in [0.29, 0.717) is 5.56 Å². The summed E-state index contributed by atoms with van der Waals surface area (Å²) < 4.78 is 62.1. The number of nitrogen functional groups attached to an aromatic ring is 1. The van der Waals surface area contributed by atoms with Crippen molar-refractivity contribution in [2.75, 3.05) is 37.8 Å². The fraction of sp³-hybridized carbons (Fsp3) is 0.500. The number of phosphoric ester groups is 3. The number of ketones is 1. The number of aliphatic hydroxyl groups excluding tert-OH is 2. The zero-order chi connectivity index (χ0) is 43.8. The Morgan fingerprint density at radius 3 is 2.36 bits per heavy atom. The second-order valence-corrected chi connectivity index (χ2v) is 18.6. The lowest BCUT2D eigenvalue weighted by Gasteiger charge is -2.30. The molecule has 1 aliphatic heterocycles. The molecule has 1 fully saturated rings. The van der Waals surface area contributed by atoms with Gasteiger partial charge in [0.15, 0.2) is 28.6 Å². The summed E-state index contributed by atoms with van der Waals surface area (Å²) in [5.74, 6) is -1.70. The zero-order valence-electron chi connectivity index (χ0n) is 31.1. The molecule has 4 rings (SSSR count). The van der Waals surface area contributed by atoms with Gasteiger partial charge in [-0.25, -0.2) is 28.6 Å². The number of anilines is 1. The van der Waals surface area contributed by atoms with Crippen LogP contribution in [-0.4, -0.2) is 128 Å². The third-order valence-electron chi connectivity index (χ3n) is 8.17. The van der Waals surface area contributed by atoms with Crippen LogP contribution in [0.2, 0.25) is 0 Å². The van der Waals surface area contributed by atoms with Crippen LogP contribution in [0.5, 0.6) is 0 Å². The van der Waals surface area contributed by atoms with E-state index in [1.165, 1.54) is 13.8 Å². The van der Waals surface area contributed by atoms with Crippen LogP contribution in [0.1, 0.15) is 43.3 Å². The van der Waals surface area contributed by atoms with Gasteiger partial charge in [-0.3, -0.25) is 37.3 Å². The average Bonchev–Trinajstić information content (AvgIpc) is 3.71. The lowest BCUT2D eigenvalue weighted by atomic mass is 9.87. The Morgan fingerprint density at radius 2 is 1.68 bits per heavy atom. The number of aromatic nitrogens is 4. The number of aliphatic hydroxyl groups is 2. The van der Waals surface area contributed by atoms with Crippen LogP contribution >= 0.6 is 35.2 Å². The molecule has 326 valence electrons. The van der Waals surface area contributed by atoms with Gasteiger partial charge in [0.1, 0.15) is 36.3 Å². The molecule has 29 heteroatoms. The molecule has 1 saturated heterocycles. The highest BCUT2D eigenvalue weighted by Crippen LogP contribution is 2.61. The molecule has 2 aromatic heterocycles. The maximum absolute atomic E-state index is 12.7. The van der Waals surface area contributed by atoms with Crippen molar-refractivity contribution in [3.05, 3.63) is 48.5 Å². The molecule has 7 unspecified atom stereocenters. The van der Waals surface area contributed by atoms with Crippen molar-refractivity contribution in [1.29, 1.82) is 0 Å². The topological polar surface area (TPSA) is 381 Å². The Kier molecular flexibility index (Phi) is 16.6. The van der Waals surface area contributed by atoms with E-state index in [4.69, 9.17) is 19.5 Å². The smallest absolute Gasteiger partial charge is 0.386 e. The number of hydrogen-bond acceptors (Lipinski definition) is 19. The van der Waals surface area contributed by atoms with E-state index in [1.54, 1.807) is 30.3 Å². The number of carbonyl (C=O) groups is 4. The Labute approximate surface area is 338 Å². The lowest BCUT2D eigenvalue weighted by Crippen LogP contribution is -2.46. The molecule has 10 N–H and O–H groups in total. The van der Waals surface area contributed by atoms with Gasteiger partial charge >= 0.3 is 23.5 Å². The maximum atomic E-state index is 12.7. The third-order valence-corrected chi connectivity index (χ3v) is 12.1. The van der Waals surface area contributed by atoms with Gasteiger partial charge in [0.2, 0.25) is 11.8 Å². The minimum atomic E-state index is -5.59. The first-order valence-corrected chi connectivity index (χ1v) is 22.6. The maximum Gasteiger partial charge on any atom is 0.481 e. The minimum Gasteiger partial charge on any atom is -0.386 e. The monoisotopic (exact) mass is 913 g/mol. The van der Waals surface area contributed by atoms with Crippen molar-refractivity contribution in [2.24, 2.45) is 5.41 Å². The summed E-state index contributed by atoms with van der Waals surface area (Å²) in [4.78, 5) is 99.9. The average molecular weight is 914 g/mol. The summed E-state index contributed by atoms with van der Waals surface area (Å²) in [6.07, 6.45) is -7.36. The van der Waals surface area contributed by atoms with Gasteiger partial charge in [-0.2, -0.15) is 4.31 Å². The van der Waals surface area contributed by atoms with Crippen LogP contribution in [0.15, 0.2) is 43.0 Å². The Morgan fingerprint density at radius 1 is 1.00 bits per heavy atom. The summed E-state index contributed by atoms with van der Waals surface area (Å²) in [5, 5.41) is 25.9. The number of fused-ring (bicyclic) bond motifs is 1. The third kappa shape index (κ3) is 14.3. The summed E-state index contributed by atoms with van der Waals surface area (Å²) in [6, 6.07) is 8.29. The van der Waals surface area contributed by atoms with Crippen molar-refractivity contribution in [1.82, 2.24) is 30.2 Å². The highest BCUT2D eigenvalue weighted by molar-refractivity contribution is 8.13. The molecule has 0 saturated carbocycles. The van der Waals surface area contributed by atoms with E-state index in [0.717, 1.165) is 29.0 Å². The minimum absolute atomic E-state index is 0.0225. The molecular weight excluding hydrogens is 871 g/mol. The largest absolute Gasteiger partial charge is 0.481 e. The molecule has 25 nitrogen and oxygen atoms in total. The number of carbonyl (C=O) groups excluding carboxylic acids is 4. The molecule has 59 heavy (non-hydrogen) atoms. The van der Waals surface area contributed by atoms with Gasteiger partial charge in [-0.1, -0.05) is 55.9 Å². The predicted octanol–water partition coefficient (Wildman–Crippen LogP) is -0.0623. The van der Waals surface area contributed by atoms with Gasteiger partial charge in [-0.15, -0.1) is 0 Å². The molecular formula is C30H42N7O18P3S. The van der Waals surface area contributed by atoms with Gasteiger partial charge in [0.05, 0.1) is 26.0 Å². The number of phosphoric acid groups is 3. The van der Waals surface area contributed by atoms with Crippen molar-refractivity contribution in [3.63, 3.8) is 0 Å². The van der Waals surface area contributed by atoms with E-state index in [-0.39, 0.29) is 59.6 Å². The second-order valence-electron chi connectivity index (χ2n) is 13.3. The van der Waals surface area contributed by atoms with E-state index in [9.17, 15) is 62.7 Å². The van der Waals surface area contributed by atoms with Gasteiger partial charge in [-0.05, 0) is 0 Å². The number of thioether (sulfide) groups is 1. The molecule has 1 aliphatic rings. The number of amides is 2. The summed E-state index contributed by atoms with van der Waals surface area (Å²) in [5.41, 5.74) is 4.63. The Balaban J connectivity index is 1.20. The SMILES string of the molecule is CC(C)(COP(=O)(O)OP(=O)(O)OCC1OC(n2cnc3c(N)ncnc32)C(O)C1OP(=O)(O)O)C(O)C(=O)NCCC(=O)NCCSC(=O)CC(=O)c1ccccc1. The summed E-state index contributed by atoms with van der Waals surface area (Å²) in [6.45, 7) is 0.255. The quantitative estimate of drug-likeness (QED) is 0.0276. The van der Waals surface area contributed by atoms with Gasteiger partial charge in [0, 0.05) is 36.2 Å².